The van der Waals surface area contributed by atoms with Gasteiger partial charge < -0.3 is 0 Å². The standard InChI is InChI=1S/C42H90N2/c1-8-10-12-14-16-18-20-22-24-26-28-30-32-34-36-38-40-43(4,5)42(3)44(6,7)41-39-37-35-33-31-29-27-25-23-21-19-17-15-13-11-9-2/h42H,8-41H2,1-7H3/q+2. The molecule has 0 fully saturated rings. The summed E-state index contributed by atoms with van der Waals surface area (Å²) in [7, 11) is 9.96. The molecule has 0 saturated heterocycles. The highest BCUT2D eigenvalue weighted by Gasteiger charge is 2.36. The molecule has 0 spiro atoms. The summed E-state index contributed by atoms with van der Waals surface area (Å²) < 4.78 is 2.34. The molecule has 0 heterocycles. The van der Waals surface area contributed by atoms with Crippen LogP contribution < -0.4 is 0 Å². The zero-order valence-corrected chi connectivity index (χ0v) is 32.5. The molecule has 44 heavy (non-hydrogen) atoms. The highest BCUT2D eigenvalue weighted by Crippen LogP contribution is 2.21. The summed E-state index contributed by atoms with van der Waals surface area (Å²) in [5.41, 5.74) is 0. The van der Waals surface area contributed by atoms with E-state index in [-0.39, 0.29) is 0 Å². The van der Waals surface area contributed by atoms with Crippen molar-refractivity contribution >= 4 is 0 Å². The molecular formula is C42H90N2+2. The highest BCUT2D eigenvalue weighted by atomic mass is 15.5. The molecule has 0 N–H and O–H groups in total. The molecule has 0 aliphatic heterocycles. The van der Waals surface area contributed by atoms with Gasteiger partial charge in [0.05, 0.1) is 41.3 Å². The number of quaternary nitrogens is 2. The summed E-state index contributed by atoms with van der Waals surface area (Å²) in [5, 5.41) is 0. The first-order valence-electron chi connectivity index (χ1n) is 20.9. The van der Waals surface area contributed by atoms with E-state index < -0.39 is 0 Å². The maximum Gasteiger partial charge on any atom is 0.213 e. The Hall–Kier alpha value is -0.0800. The lowest BCUT2D eigenvalue weighted by Crippen LogP contribution is -2.63. The Morgan fingerprint density at radius 2 is 0.432 bits per heavy atom. The summed E-state index contributed by atoms with van der Waals surface area (Å²) >= 11 is 0. The Morgan fingerprint density at radius 1 is 0.273 bits per heavy atom. The summed E-state index contributed by atoms with van der Waals surface area (Å²) in [4.78, 5) is 0. The van der Waals surface area contributed by atoms with Crippen molar-refractivity contribution in [3.05, 3.63) is 0 Å². The van der Waals surface area contributed by atoms with Crippen LogP contribution in [0.3, 0.4) is 0 Å². The average molecular weight is 623 g/mol. The molecule has 0 unspecified atom stereocenters. The van der Waals surface area contributed by atoms with E-state index >= 15 is 0 Å². The molecule has 0 aromatic heterocycles. The maximum atomic E-state index is 2.51. The van der Waals surface area contributed by atoms with Crippen molar-refractivity contribution in [1.29, 1.82) is 0 Å². The van der Waals surface area contributed by atoms with Crippen molar-refractivity contribution in [2.24, 2.45) is 0 Å². The van der Waals surface area contributed by atoms with Gasteiger partial charge in [-0.15, -0.1) is 0 Å². The maximum absolute atomic E-state index is 2.51. The molecule has 266 valence electrons. The predicted octanol–water partition coefficient (Wildman–Crippen LogP) is 14.0. The van der Waals surface area contributed by atoms with E-state index in [4.69, 9.17) is 0 Å². The lowest BCUT2D eigenvalue weighted by molar-refractivity contribution is -1.10. The van der Waals surface area contributed by atoms with Crippen LogP contribution >= 0.6 is 0 Å². The van der Waals surface area contributed by atoms with Crippen molar-refractivity contribution in [2.45, 2.75) is 232 Å². The fourth-order valence-electron chi connectivity index (χ4n) is 7.35. The minimum absolute atomic E-state index is 0.669. The average Bonchev–Trinajstić information content (AvgIpc) is 3.00. The summed E-state index contributed by atoms with van der Waals surface area (Å²) in [6.45, 7) is 9.80. The topological polar surface area (TPSA) is 0 Å². The molecule has 2 nitrogen and oxygen atoms in total. The van der Waals surface area contributed by atoms with Gasteiger partial charge in [0, 0.05) is 6.92 Å². The normalized spacial score (nSPS) is 12.5. The fourth-order valence-corrected chi connectivity index (χ4v) is 7.35. The second-order valence-electron chi connectivity index (χ2n) is 16.2. The number of hydrogen-bond donors (Lipinski definition) is 0. The third kappa shape index (κ3) is 28.2. The van der Waals surface area contributed by atoms with Crippen LogP contribution in [0.1, 0.15) is 226 Å². The van der Waals surface area contributed by atoms with Gasteiger partial charge in [0.25, 0.3) is 0 Å². The lowest BCUT2D eigenvalue weighted by Gasteiger charge is -2.45. The molecule has 0 atom stereocenters. The fraction of sp³-hybridized carbons (Fsp3) is 1.00. The molecule has 0 saturated carbocycles. The van der Waals surface area contributed by atoms with Crippen LogP contribution in [-0.4, -0.2) is 56.4 Å². The predicted molar refractivity (Wildman–Crippen MR) is 203 cm³/mol. The third-order valence-corrected chi connectivity index (χ3v) is 11.2. The van der Waals surface area contributed by atoms with E-state index in [1.807, 2.05) is 0 Å². The van der Waals surface area contributed by atoms with Crippen molar-refractivity contribution in [3.63, 3.8) is 0 Å². The number of nitrogens with zero attached hydrogens (tertiary/aromatic N) is 2. The monoisotopic (exact) mass is 623 g/mol. The molecule has 0 aromatic carbocycles. The van der Waals surface area contributed by atoms with Crippen LogP contribution in [0.5, 0.6) is 0 Å². The van der Waals surface area contributed by atoms with Crippen LogP contribution in [0.25, 0.3) is 0 Å². The number of hydrogen-bond acceptors (Lipinski definition) is 0. The van der Waals surface area contributed by atoms with Crippen LogP contribution in [0.4, 0.5) is 0 Å². The van der Waals surface area contributed by atoms with E-state index in [0.717, 1.165) is 0 Å². The van der Waals surface area contributed by atoms with Crippen LogP contribution in [-0.2, 0) is 0 Å². The van der Waals surface area contributed by atoms with Crippen molar-refractivity contribution < 1.29 is 8.97 Å². The van der Waals surface area contributed by atoms with Gasteiger partial charge in [0.15, 0.2) is 0 Å². The molecule has 0 aliphatic rings. The lowest BCUT2D eigenvalue weighted by atomic mass is 10.0. The quantitative estimate of drug-likeness (QED) is 0.0370. The van der Waals surface area contributed by atoms with Crippen molar-refractivity contribution in [1.82, 2.24) is 0 Å². The molecule has 0 radical (unpaired) electrons. The smallest absolute Gasteiger partial charge is 0.213 e. The first-order valence-corrected chi connectivity index (χ1v) is 20.9. The molecule has 0 amide bonds. The van der Waals surface area contributed by atoms with Gasteiger partial charge in [-0.1, -0.05) is 194 Å². The summed E-state index contributed by atoms with van der Waals surface area (Å²) in [6.07, 6.45) is 47.2. The van der Waals surface area contributed by atoms with E-state index in [1.54, 1.807) is 0 Å². The number of unbranched alkanes of at least 4 members (excludes halogenated alkanes) is 30. The van der Waals surface area contributed by atoms with Crippen LogP contribution in [0.2, 0.25) is 0 Å². The Balaban J connectivity index is 3.65. The first-order chi connectivity index (χ1) is 21.3. The SMILES string of the molecule is CCCCCCCCCCCCCCCCCC[N+](C)(C)C(C)[N+](C)(C)CCCCCCCCCCCCCCCCCC. The molecule has 0 aliphatic carbocycles. The molecule has 2 heteroatoms. The van der Waals surface area contributed by atoms with E-state index in [2.05, 4.69) is 49.0 Å². The van der Waals surface area contributed by atoms with E-state index in [0.29, 0.717) is 6.17 Å². The van der Waals surface area contributed by atoms with Gasteiger partial charge in [0.1, 0.15) is 0 Å². The second kappa shape index (κ2) is 31.5. The van der Waals surface area contributed by atoms with E-state index in [1.165, 1.54) is 228 Å². The first kappa shape index (κ1) is 43.9. The summed E-state index contributed by atoms with van der Waals surface area (Å²) in [6, 6.07) is 0. The van der Waals surface area contributed by atoms with Crippen LogP contribution in [0.15, 0.2) is 0 Å². The summed E-state index contributed by atoms with van der Waals surface area (Å²) in [5.74, 6) is 0. The Labute approximate surface area is 282 Å². The van der Waals surface area contributed by atoms with E-state index in [9.17, 15) is 0 Å². The van der Waals surface area contributed by atoms with Gasteiger partial charge in [-0.2, -0.15) is 0 Å². The van der Waals surface area contributed by atoms with Gasteiger partial charge in [-0.3, -0.25) is 8.97 Å². The molecular weight excluding hydrogens is 532 g/mol. The Kier molecular flexibility index (Phi) is 31.5. The van der Waals surface area contributed by atoms with Crippen LogP contribution in [0, 0.1) is 0 Å². The van der Waals surface area contributed by atoms with Gasteiger partial charge in [-0.05, 0) is 25.7 Å². The Bertz CT molecular complexity index is 506. The van der Waals surface area contributed by atoms with Gasteiger partial charge in [-0.25, -0.2) is 0 Å². The zero-order valence-electron chi connectivity index (χ0n) is 32.5. The minimum Gasteiger partial charge on any atom is -0.280 e. The largest absolute Gasteiger partial charge is 0.280 e. The number of rotatable bonds is 36. The van der Waals surface area contributed by atoms with Gasteiger partial charge >= 0.3 is 0 Å². The second-order valence-corrected chi connectivity index (χ2v) is 16.2. The molecule has 0 aromatic rings. The minimum atomic E-state index is 0.669. The Morgan fingerprint density at radius 3 is 0.614 bits per heavy atom. The van der Waals surface area contributed by atoms with Crippen molar-refractivity contribution in [3.8, 4) is 0 Å². The van der Waals surface area contributed by atoms with Crippen molar-refractivity contribution in [2.75, 3.05) is 41.3 Å². The zero-order chi connectivity index (χ0) is 32.6. The third-order valence-electron chi connectivity index (χ3n) is 11.2. The molecule has 0 bridgehead atoms. The highest BCUT2D eigenvalue weighted by molar-refractivity contribution is 4.53. The van der Waals surface area contributed by atoms with Gasteiger partial charge in [0.2, 0.25) is 6.17 Å². The molecule has 0 rings (SSSR count).